The number of aromatic nitrogens is 3. The maximum Gasteiger partial charge on any atom is 0.319 e. The van der Waals surface area contributed by atoms with Crippen molar-refractivity contribution in [2.45, 2.75) is 24.3 Å². The fraction of sp³-hybridized carbons (Fsp3) is 0.318. The third-order valence-electron chi connectivity index (χ3n) is 5.61. The van der Waals surface area contributed by atoms with Crippen molar-refractivity contribution in [2.24, 2.45) is 0 Å². The van der Waals surface area contributed by atoms with Crippen LogP contribution in [0.15, 0.2) is 60.8 Å². The molecule has 0 radical (unpaired) electrons. The zero-order valence-corrected chi connectivity index (χ0v) is 17.0. The highest BCUT2D eigenvalue weighted by molar-refractivity contribution is 5.89. The molecule has 2 aliphatic heterocycles. The smallest absolute Gasteiger partial charge is 0.319 e. The molecule has 3 aromatic rings. The highest BCUT2D eigenvalue weighted by atomic mass is 16.6. The molecule has 9 heteroatoms. The van der Waals surface area contributed by atoms with Crippen LogP contribution in [0.25, 0.3) is 11.3 Å². The van der Waals surface area contributed by atoms with Crippen LogP contribution in [-0.2, 0) is 9.47 Å². The molecule has 160 valence electrons. The first-order chi connectivity index (χ1) is 15.2. The lowest BCUT2D eigenvalue weighted by molar-refractivity contribution is 0.0622. The molecular formula is C22H23N5O4. The standard InChI is InChI=1S/C22H23N5O4/c1-29-16-9-7-15(8-10-16)23-22(28)24-18-12-30-21-19(13-31-20(18)21)27-11-17(25-26-27)14-5-3-2-4-6-14/h2-11,18-21H,12-13H2,1H3,(H2,23,24,28)/t18-,19-,20+,21+/m0/s1. The summed E-state index contributed by atoms with van der Waals surface area (Å²) in [7, 11) is 1.60. The van der Waals surface area contributed by atoms with Gasteiger partial charge in [-0.1, -0.05) is 35.5 Å². The number of rotatable bonds is 5. The molecule has 0 unspecified atom stereocenters. The van der Waals surface area contributed by atoms with Gasteiger partial charge in [0.2, 0.25) is 0 Å². The Morgan fingerprint density at radius 2 is 1.84 bits per heavy atom. The van der Waals surface area contributed by atoms with Crippen molar-refractivity contribution >= 4 is 11.7 Å². The van der Waals surface area contributed by atoms with E-state index in [2.05, 4.69) is 20.9 Å². The predicted octanol–water partition coefficient (Wildman–Crippen LogP) is 2.48. The Kier molecular flexibility index (Phi) is 5.27. The third kappa shape index (κ3) is 3.97. The van der Waals surface area contributed by atoms with E-state index in [0.717, 1.165) is 17.0 Å². The van der Waals surface area contributed by atoms with Crippen LogP contribution in [0.5, 0.6) is 5.75 Å². The largest absolute Gasteiger partial charge is 0.497 e. The first-order valence-corrected chi connectivity index (χ1v) is 10.1. The minimum absolute atomic E-state index is 0.0913. The van der Waals surface area contributed by atoms with E-state index in [9.17, 15) is 4.79 Å². The van der Waals surface area contributed by atoms with Gasteiger partial charge in [-0.25, -0.2) is 9.48 Å². The SMILES string of the molecule is COc1ccc(NC(=O)N[C@H]2CO[C@H]3[C@@H]2OC[C@@H]3n2cc(-c3ccccc3)nn2)cc1. The molecule has 2 amide bonds. The topological polar surface area (TPSA) is 99.5 Å². The summed E-state index contributed by atoms with van der Waals surface area (Å²) in [6.45, 7) is 0.827. The maximum absolute atomic E-state index is 12.4. The van der Waals surface area contributed by atoms with Crippen molar-refractivity contribution in [1.29, 1.82) is 0 Å². The van der Waals surface area contributed by atoms with Gasteiger partial charge in [0.1, 0.15) is 29.7 Å². The van der Waals surface area contributed by atoms with Crippen LogP contribution in [0.4, 0.5) is 10.5 Å². The Bertz CT molecular complexity index is 1040. The number of ether oxygens (including phenoxy) is 3. The number of urea groups is 1. The molecule has 0 spiro atoms. The molecule has 2 saturated heterocycles. The second kappa shape index (κ2) is 8.37. The van der Waals surface area contributed by atoms with Crippen molar-refractivity contribution in [3.8, 4) is 17.0 Å². The molecule has 5 rings (SSSR count). The fourth-order valence-electron chi connectivity index (χ4n) is 4.02. The van der Waals surface area contributed by atoms with Gasteiger partial charge in [-0.05, 0) is 24.3 Å². The number of hydrogen-bond acceptors (Lipinski definition) is 6. The molecule has 2 aromatic carbocycles. The number of amides is 2. The Balaban J connectivity index is 1.21. The normalized spacial score (nSPS) is 24.5. The Labute approximate surface area is 179 Å². The lowest BCUT2D eigenvalue weighted by atomic mass is 10.1. The number of fused-ring (bicyclic) bond motifs is 1. The summed E-state index contributed by atoms with van der Waals surface area (Å²) in [4.78, 5) is 12.4. The summed E-state index contributed by atoms with van der Waals surface area (Å²) in [5.74, 6) is 0.729. The molecule has 3 heterocycles. The van der Waals surface area contributed by atoms with Gasteiger partial charge in [0, 0.05) is 11.3 Å². The number of nitrogens with one attached hydrogen (secondary N) is 2. The van der Waals surface area contributed by atoms with Crippen LogP contribution in [0, 0.1) is 0 Å². The maximum atomic E-state index is 12.4. The average molecular weight is 421 g/mol. The number of carbonyl (C=O) groups excluding carboxylic acids is 1. The van der Waals surface area contributed by atoms with E-state index in [1.807, 2.05) is 36.5 Å². The number of carbonyl (C=O) groups is 1. The summed E-state index contributed by atoms with van der Waals surface area (Å²) in [6, 6.07) is 16.4. The van der Waals surface area contributed by atoms with Gasteiger partial charge < -0.3 is 24.8 Å². The summed E-state index contributed by atoms with van der Waals surface area (Å²) in [5, 5.41) is 14.3. The monoisotopic (exact) mass is 421 g/mol. The molecule has 31 heavy (non-hydrogen) atoms. The van der Waals surface area contributed by atoms with E-state index >= 15 is 0 Å². The van der Waals surface area contributed by atoms with Crippen LogP contribution in [-0.4, -0.2) is 59.6 Å². The molecule has 0 aliphatic carbocycles. The van der Waals surface area contributed by atoms with E-state index in [1.54, 1.807) is 36.1 Å². The molecule has 0 saturated carbocycles. The number of benzene rings is 2. The van der Waals surface area contributed by atoms with Gasteiger partial charge >= 0.3 is 6.03 Å². The number of nitrogens with zero attached hydrogens (tertiary/aromatic N) is 3. The zero-order valence-electron chi connectivity index (χ0n) is 17.0. The fourth-order valence-corrected chi connectivity index (χ4v) is 4.02. The lowest BCUT2D eigenvalue weighted by Crippen LogP contribution is -2.45. The van der Waals surface area contributed by atoms with Crippen molar-refractivity contribution in [1.82, 2.24) is 20.3 Å². The molecule has 1 aromatic heterocycles. The first kappa shape index (κ1) is 19.5. The van der Waals surface area contributed by atoms with Gasteiger partial charge in [-0.2, -0.15) is 0 Å². The number of anilines is 1. The molecule has 0 bridgehead atoms. The van der Waals surface area contributed by atoms with Crippen molar-refractivity contribution in [2.75, 3.05) is 25.6 Å². The lowest BCUT2D eigenvalue weighted by Gasteiger charge is -2.18. The van der Waals surface area contributed by atoms with Gasteiger partial charge in [0.25, 0.3) is 0 Å². The molecule has 2 N–H and O–H groups in total. The minimum atomic E-state index is -0.307. The van der Waals surface area contributed by atoms with Crippen LogP contribution >= 0.6 is 0 Å². The summed E-state index contributed by atoms with van der Waals surface area (Å²) < 4.78 is 18.9. The highest BCUT2D eigenvalue weighted by Gasteiger charge is 2.49. The van der Waals surface area contributed by atoms with Gasteiger partial charge in [0.05, 0.1) is 32.6 Å². The van der Waals surface area contributed by atoms with E-state index in [0.29, 0.717) is 18.9 Å². The predicted molar refractivity (Wildman–Crippen MR) is 113 cm³/mol. The van der Waals surface area contributed by atoms with E-state index in [-0.39, 0.29) is 30.3 Å². The van der Waals surface area contributed by atoms with Crippen molar-refractivity contribution in [3.05, 3.63) is 60.8 Å². The number of hydrogen-bond donors (Lipinski definition) is 2. The molecule has 2 fully saturated rings. The van der Waals surface area contributed by atoms with Gasteiger partial charge in [-0.15, -0.1) is 5.10 Å². The zero-order chi connectivity index (χ0) is 21.2. The minimum Gasteiger partial charge on any atom is -0.497 e. The van der Waals surface area contributed by atoms with Crippen LogP contribution in [0.3, 0.4) is 0 Å². The van der Waals surface area contributed by atoms with Crippen LogP contribution in [0.1, 0.15) is 6.04 Å². The van der Waals surface area contributed by atoms with E-state index in [1.165, 1.54) is 0 Å². The highest BCUT2D eigenvalue weighted by Crippen LogP contribution is 2.34. The van der Waals surface area contributed by atoms with Crippen molar-refractivity contribution < 1.29 is 19.0 Å². The average Bonchev–Trinajstić information content (AvgIpc) is 3.52. The summed E-state index contributed by atoms with van der Waals surface area (Å²) >= 11 is 0. The Morgan fingerprint density at radius 3 is 2.61 bits per heavy atom. The van der Waals surface area contributed by atoms with Gasteiger partial charge in [-0.3, -0.25) is 0 Å². The third-order valence-corrected chi connectivity index (χ3v) is 5.61. The van der Waals surface area contributed by atoms with Crippen LogP contribution < -0.4 is 15.4 Å². The molecule has 4 atom stereocenters. The Morgan fingerprint density at radius 1 is 1.06 bits per heavy atom. The second-order valence-corrected chi connectivity index (χ2v) is 7.55. The molecular weight excluding hydrogens is 398 g/mol. The number of methoxy groups -OCH3 is 1. The van der Waals surface area contributed by atoms with Crippen molar-refractivity contribution in [3.63, 3.8) is 0 Å². The molecule has 2 aliphatic rings. The Hall–Kier alpha value is -3.43. The van der Waals surface area contributed by atoms with E-state index < -0.39 is 0 Å². The first-order valence-electron chi connectivity index (χ1n) is 10.1. The summed E-state index contributed by atoms with van der Waals surface area (Å²) in [6.07, 6.45) is 1.47. The molecule has 9 nitrogen and oxygen atoms in total. The van der Waals surface area contributed by atoms with E-state index in [4.69, 9.17) is 14.2 Å². The second-order valence-electron chi connectivity index (χ2n) is 7.55. The quantitative estimate of drug-likeness (QED) is 0.657. The van der Waals surface area contributed by atoms with Gasteiger partial charge in [0.15, 0.2) is 0 Å². The van der Waals surface area contributed by atoms with Crippen LogP contribution in [0.2, 0.25) is 0 Å². The summed E-state index contributed by atoms with van der Waals surface area (Å²) in [5.41, 5.74) is 2.48.